The molecule has 0 aliphatic heterocycles. The Kier molecular flexibility index (Phi) is 5.85. The predicted octanol–water partition coefficient (Wildman–Crippen LogP) is 4.05. The molecule has 0 spiro atoms. The average molecular weight is 328 g/mol. The average Bonchev–Trinajstić information content (AvgIpc) is 2.59. The van der Waals surface area contributed by atoms with Gasteiger partial charge in [-0.2, -0.15) is 0 Å². The molecule has 24 heavy (non-hydrogen) atoms. The van der Waals surface area contributed by atoms with Crippen molar-refractivity contribution in [2.24, 2.45) is 0 Å². The number of aromatic hydroxyl groups is 1. The van der Waals surface area contributed by atoms with Gasteiger partial charge in [-0.25, -0.2) is 0 Å². The molecule has 0 fully saturated rings. The second kappa shape index (κ2) is 7.86. The van der Waals surface area contributed by atoms with Crippen LogP contribution in [0.5, 0.6) is 11.5 Å². The molecule has 0 radical (unpaired) electrons. The Balaban J connectivity index is 1.98. The van der Waals surface area contributed by atoms with Crippen molar-refractivity contribution in [3.05, 3.63) is 59.7 Å². The normalized spacial score (nSPS) is 11.1. The van der Waals surface area contributed by atoms with Crippen molar-refractivity contribution in [1.82, 2.24) is 0 Å². The van der Waals surface area contributed by atoms with Gasteiger partial charge in [0.1, 0.15) is 11.5 Å². The summed E-state index contributed by atoms with van der Waals surface area (Å²) in [4.78, 5) is 11.0. The van der Waals surface area contributed by atoms with Crippen LogP contribution in [0.1, 0.15) is 37.8 Å². The molecule has 0 aliphatic rings. The van der Waals surface area contributed by atoms with Crippen LogP contribution < -0.4 is 4.74 Å². The number of hydrogen-bond donors (Lipinski definition) is 1. The molecule has 2 aromatic rings. The van der Waals surface area contributed by atoms with Gasteiger partial charge >= 0.3 is 5.97 Å². The van der Waals surface area contributed by atoms with Crippen LogP contribution in [0.15, 0.2) is 48.5 Å². The van der Waals surface area contributed by atoms with E-state index in [4.69, 9.17) is 4.74 Å². The van der Waals surface area contributed by atoms with Crippen LogP contribution in [-0.4, -0.2) is 24.8 Å². The zero-order chi connectivity index (χ0) is 17.6. The van der Waals surface area contributed by atoms with E-state index in [0.717, 1.165) is 16.9 Å². The molecule has 4 heteroatoms. The monoisotopic (exact) mass is 328 g/mol. The Labute approximate surface area is 143 Å². The predicted molar refractivity (Wildman–Crippen MR) is 93.4 cm³/mol. The lowest BCUT2D eigenvalue weighted by Crippen LogP contribution is -2.18. The third kappa shape index (κ3) is 4.51. The largest absolute Gasteiger partial charge is 0.508 e. The number of esters is 1. The first kappa shape index (κ1) is 17.9. The lowest BCUT2D eigenvalue weighted by atomic mass is 9.78. The van der Waals surface area contributed by atoms with Crippen LogP contribution in [0.4, 0.5) is 0 Å². The lowest BCUT2D eigenvalue weighted by Gasteiger charge is -2.26. The smallest absolute Gasteiger partial charge is 0.305 e. The van der Waals surface area contributed by atoms with Crippen molar-refractivity contribution in [2.45, 2.75) is 32.1 Å². The van der Waals surface area contributed by atoms with E-state index in [1.807, 2.05) is 36.4 Å². The van der Waals surface area contributed by atoms with E-state index in [9.17, 15) is 9.90 Å². The molecule has 4 nitrogen and oxygen atoms in total. The Hall–Kier alpha value is -2.49. The van der Waals surface area contributed by atoms with E-state index in [2.05, 4.69) is 18.6 Å². The number of ether oxygens (including phenoxy) is 2. The van der Waals surface area contributed by atoms with E-state index >= 15 is 0 Å². The van der Waals surface area contributed by atoms with E-state index in [0.29, 0.717) is 19.4 Å². The SMILES string of the molecule is COC(=O)CCCOc1ccc(C(C)(C)c2ccc(O)cc2)cc1. The molecule has 0 heterocycles. The van der Waals surface area contributed by atoms with Crippen LogP contribution in [0.25, 0.3) is 0 Å². The molecular weight excluding hydrogens is 304 g/mol. The van der Waals surface area contributed by atoms with Crippen LogP contribution in [0.3, 0.4) is 0 Å². The number of methoxy groups -OCH3 is 1. The second-order valence-corrected chi connectivity index (χ2v) is 6.22. The van der Waals surface area contributed by atoms with Gasteiger partial charge in [-0.05, 0) is 41.8 Å². The number of carbonyl (C=O) groups excluding carboxylic acids is 1. The summed E-state index contributed by atoms with van der Waals surface area (Å²) in [5, 5.41) is 9.44. The Morgan fingerprint density at radius 2 is 1.54 bits per heavy atom. The maximum absolute atomic E-state index is 11.0. The first-order valence-corrected chi connectivity index (χ1v) is 8.03. The summed E-state index contributed by atoms with van der Waals surface area (Å²) in [6, 6.07) is 15.3. The Bertz CT molecular complexity index is 657. The second-order valence-electron chi connectivity index (χ2n) is 6.22. The maximum atomic E-state index is 11.0. The topological polar surface area (TPSA) is 55.8 Å². The highest BCUT2D eigenvalue weighted by molar-refractivity contribution is 5.69. The van der Waals surface area contributed by atoms with Gasteiger partial charge in [-0.3, -0.25) is 4.79 Å². The van der Waals surface area contributed by atoms with Crippen molar-refractivity contribution >= 4 is 5.97 Å². The Morgan fingerprint density at radius 3 is 2.08 bits per heavy atom. The highest BCUT2D eigenvalue weighted by atomic mass is 16.5. The number of carbonyl (C=O) groups is 1. The van der Waals surface area contributed by atoms with Gasteiger partial charge in [-0.1, -0.05) is 38.1 Å². The number of benzene rings is 2. The van der Waals surface area contributed by atoms with Crippen LogP contribution in [-0.2, 0) is 14.9 Å². The van der Waals surface area contributed by atoms with Gasteiger partial charge in [0, 0.05) is 11.8 Å². The van der Waals surface area contributed by atoms with Crippen molar-refractivity contribution in [3.63, 3.8) is 0 Å². The summed E-state index contributed by atoms with van der Waals surface area (Å²) in [5.41, 5.74) is 2.12. The number of phenols is 1. The zero-order valence-electron chi connectivity index (χ0n) is 14.4. The third-order valence-electron chi connectivity index (χ3n) is 4.19. The van der Waals surface area contributed by atoms with Gasteiger partial charge in [0.2, 0.25) is 0 Å². The molecule has 1 N–H and O–H groups in total. The first-order valence-electron chi connectivity index (χ1n) is 8.03. The van der Waals surface area contributed by atoms with Crippen molar-refractivity contribution in [1.29, 1.82) is 0 Å². The molecule has 2 aromatic carbocycles. The molecule has 0 aromatic heterocycles. The fourth-order valence-corrected chi connectivity index (χ4v) is 2.52. The molecule has 128 valence electrons. The molecule has 0 saturated heterocycles. The summed E-state index contributed by atoms with van der Waals surface area (Å²) < 4.78 is 10.2. The molecule has 0 atom stereocenters. The summed E-state index contributed by atoms with van der Waals surface area (Å²) in [6.07, 6.45) is 0.996. The number of rotatable bonds is 7. The standard InChI is InChI=1S/C20H24O4/c1-20(2,15-6-10-17(21)11-7-15)16-8-12-18(13-9-16)24-14-4-5-19(22)23-3/h6-13,21H,4-5,14H2,1-3H3. The molecule has 0 amide bonds. The Morgan fingerprint density at radius 1 is 1.00 bits per heavy atom. The fraction of sp³-hybridized carbons (Fsp3) is 0.350. The van der Waals surface area contributed by atoms with Gasteiger partial charge in [0.15, 0.2) is 0 Å². The summed E-state index contributed by atoms with van der Waals surface area (Å²) in [5.74, 6) is 0.833. The van der Waals surface area contributed by atoms with Crippen LogP contribution in [0, 0.1) is 0 Å². The van der Waals surface area contributed by atoms with Crippen molar-refractivity contribution in [3.8, 4) is 11.5 Å². The molecule has 0 aliphatic carbocycles. The highest BCUT2D eigenvalue weighted by Crippen LogP contribution is 2.33. The third-order valence-corrected chi connectivity index (χ3v) is 4.19. The molecule has 0 unspecified atom stereocenters. The summed E-state index contributed by atoms with van der Waals surface area (Å²) in [6.45, 7) is 4.77. The van der Waals surface area contributed by atoms with E-state index in [1.165, 1.54) is 7.11 Å². The first-order chi connectivity index (χ1) is 11.4. The van der Waals surface area contributed by atoms with Gasteiger partial charge in [0.25, 0.3) is 0 Å². The molecule has 2 rings (SSSR count). The number of phenolic OH excluding ortho intramolecular Hbond substituents is 1. The maximum Gasteiger partial charge on any atom is 0.305 e. The molecular formula is C20H24O4. The zero-order valence-corrected chi connectivity index (χ0v) is 14.4. The fourth-order valence-electron chi connectivity index (χ4n) is 2.52. The minimum absolute atomic E-state index is 0.170. The lowest BCUT2D eigenvalue weighted by molar-refractivity contribution is -0.140. The van der Waals surface area contributed by atoms with E-state index < -0.39 is 0 Å². The van der Waals surface area contributed by atoms with E-state index in [-0.39, 0.29) is 17.1 Å². The summed E-state index contributed by atoms with van der Waals surface area (Å²) in [7, 11) is 1.39. The van der Waals surface area contributed by atoms with E-state index in [1.54, 1.807) is 12.1 Å². The molecule has 0 saturated carbocycles. The van der Waals surface area contributed by atoms with Crippen LogP contribution >= 0.6 is 0 Å². The molecule has 0 bridgehead atoms. The number of hydrogen-bond acceptors (Lipinski definition) is 4. The van der Waals surface area contributed by atoms with Crippen molar-refractivity contribution < 1.29 is 19.4 Å². The minimum atomic E-state index is -0.218. The summed E-state index contributed by atoms with van der Waals surface area (Å²) >= 11 is 0. The minimum Gasteiger partial charge on any atom is -0.508 e. The van der Waals surface area contributed by atoms with Gasteiger partial charge in [-0.15, -0.1) is 0 Å². The van der Waals surface area contributed by atoms with Crippen molar-refractivity contribution in [2.75, 3.05) is 13.7 Å². The quantitative estimate of drug-likeness (QED) is 0.615. The van der Waals surface area contributed by atoms with Crippen LogP contribution in [0.2, 0.25) is 0 Å². The highest BCUT2D eigenvalue weighted by Gasteiger charge is 2.22. The van der Waals surface area contributed by atoms with Gasteiger partial charge in [0.05, 0.1) is 13.7 Å². The van der Waals surface area contributed by atoms with Gasteiger partial charge < -0.3 is 14.6 Å².